The van der Waals surface area contributed by atoms with Crippen molar-refractivity contribution in [1.82, 2.24) is 10.0 Å². The van der Waals surface area contributed by atoms with E-state index in [2.05, 4.69) is 29.2 Å². The fourth-order valence-electron chi connectivity index (χ4n) is 2.41. The standard InChI is InChI=1S/C18H31N3O3S/c1-5-13-25(23,24)19-12-11-16(6-2)20-18(22)21-17-9-7-15(8-10-17)14(3)4/h7-10,14,16,19H,5-6,11-13H2,1-4H3,(H2,20,21,22). The van der Waals surface area contributed by atoms with Crippen LogP contribution in [0.25, 0.3) is 0 Å². The predicted molar refractivity (Wildman–Crippen MR) is 103 cm³/mol. The number of rotatable bonds is 10. The number of carbonyl (C=O) groups is 1. The second-order valence-electron chi connectivity index (χ2n) is 6.48. The third-order valence-corrected chi connectivity index (χ3v) is 5.54. The molecule has 142 valence electrons. The molecule has 7 heteroatoms. The summed E-state index contributed by atoms with van der Waals surface area (Å²) < 4.78 is 25.8. The Labute approximate surface area is 151 Å². The molecule has 1 rings (SSSR count). The molecule has 0 saturated heterocycles. The van der Waals surface area contributed by atoms with Gasteiger partial charge in [0.05, 0.1) is 5.75 Å². The lowest BCUT2D eigenvalue weighted by Gasteiger charge is -2.18. The molecule has 0 aliphatic heterocycles. The molecule has 6 nitrogen and oxygen atoms in total. The smallest absolute Gasteiger partial charge is 0.319 e. The highest BCUT2D eigenvalue weighted by Crippen LogP contribution is 2.17. The fourth-order valence-corrected chi connectivity index (χ4v) is 3.52. The number of benzene rings is 1. The monoisotopic (exact) mass is 369 g/mol. The van der Waals surface area contributed by atoms with Crippen LogP contribution in [0.4, 0.5) is 10.5 Å². The van der Waals surface area contributed by atoms with Gasteiger partial charge in [0.1, 0.15) is 0 Å². The molecule has 0 saturated carbocycles. The zero-order chi connectivity index (χ0) is 18.9. The summed E-state index contributed by atoms with van der Waals surface area (Å²) in [6, 6.07) is 7.41. The first-order valence-electron chi connectivity index (χ1n) is 8.92. The van der Waals surface area contributed by atoms with Crippen molar-refractivity contribution in [3.8, 4) is 0 Å². The molecule has 0 spiro atoms. The van der Waals surface area contributed by atoms with Crippen LogP contribution in [0, 0.1) is 0 Å². The molecule has 0 fully saturated rings. The lowest BCUT2D eigenvalue weighted by atomic mass is 10.0. The van der Waals surface area contributed by atoms with Crippen LogP contribution < -0.4 is 15.4 Å². The van der Waals surface area contributed by atoms with E-state index in [-0.39, 0.29) is 17.8 Å². The molecular formula is C18H31N3O3S. The Morgan fingerprint density at radius 2 is 1.76 bits per heavy atom. The Hall–Kier alpha value is -1.60. The molecule has 0 heterocycles. The molecule has 0 aliphatic rings. The van der Waals surface area contributed by atoms with Crippen LogP contribution in [0.2, 0.25) is 0 Å². The lowest BCUT2D eigenvalue weighted by molar-refractivity contribution is 0.247. The maximum absolute atomic E-state index is 12.1. The molecule has 1 aromatic rings. The average Bonchev–Trinajstić information content (AvgIpc) is 2.54. The van der Waals surface area contributed by atoms with Crippen molar-refractivity contribution in [3.05, 3.63) is 29.8 Å². The van der Waals surface area contributed by atoms with Crippen LogP contribution in [-0.2, 0) is 10.0 Å². The highest BCUT2D eigenvalue weighted by molar-refractivity contribution is 7.89. The minimum absolute atomic E-state index is 0.0840. The Morgan fingerprint density at radius 3 is 2.28 bits per heavy atom. The maximum atomic E-state index is 12.1. The molecule has 0 radical (unpaired) electrons. The molecule has 25 heavy (non-hydrogen) atoms. The number of nitrogens with one attached hydrogen (secondary N) is 3. The van der Waals surface area contributed by atoms with Gasteiger partial charge in [0.2, 0.25) is 10.0 Å². The summed E-state index contributed by atoms with van der Waals surface area (Å²) in [4.78, 5) is 12.1. The highest BCUT2D eigenvalue weighted by atomic mass is 32.2. The zero-order valence-electron chi connectivity index (χ0n) is 15.6. The van der Waals surface area contributed by atoms with Gasteiger partial charge in [-0.1, -0.05) is 39.8 Å². The molecule has 0 bridgehead atoms. The summed E-state index contributed by atoms with van der Waals surface area (Å²) in [5.74, 6) is 0.577. The van der Waals surface area contributed by atoms with Gasteiger partial charge in [-0.3, -0.25) is 0 Å². The summed E-state index contributed by atoms with van der Waals surface area (Å²) >= 11 is 0. The van der Waals surface area contributed by atoms with Gasteiger partial charge in [-0.05, 0) is 42.9 Å². The van der Waals surface area contributed by atoms with Crippen molar-refractivity contribution in [3.63, 3.8) is 0 Å². The van der Waals surface area contributed by atoms with Crippen molar-refractivity contribution in [2.24, 2.45) is 0 Å². The third kappa shape index (κ3) is 8.36. The summed E-state index contributed by atoms with van der Waals surface area (Å²) in [6.45, 7) is 8.35. The van der Waals surface area contributed by atoms with Gasteiger partial charge in [0, 0.05) is 18.3 Å². The van der Waals surface area contributed by atoms with Gasteiger partial charge >= 0.3 is 6.03 Å². The Morgan fingerprint density at radius 1 is 1.12 bits per heavy atom. The summed E-state index contributed by atoms with van der Waals surface area (Å²) in [7, 11) is -3.20. The Kier molecular flexibility index (Phi) is 8.92. The van der Waals surface area contributed by atoms with E-state index in [1.807, 2.05) is 38.1 Å². The van der Waals surface area contributed by atoms with Gasteiger partial charge in [0.25, 0.3) is 0 Å². The van der Waals surface area contributed by atoms with E-state index in [0.29, 0.717) is 25.3 Å². The summed E-state index contributed by atoms with van der Waals surface area (Å²) in [5.41, 5.74) is 1.96. The van der Waals surface area contributed by atoms with Gasteiger partial charge in [-0.2, -0.15) is 0 Å². The van der Waals surface area contributed by atoms with Crippen LogP contribution in [0.5, 0.6) is 0 Å². The van der Waals surface area contributed by atoms with Crippen LogP contribution in [0.1, 0.15) is 58.4 Å². The largest absolute Gasteiger partial charge is 0.335 e. The van der Waals surface area contributed by atoms with Gasteiger partial charge < -0.3 is 10.6 Å². The van der Waals surface area contributed by atoms with Crippen molar-refractivity contribution in [2.75, 3.05) is 17.6 Å². The highest BCUT2D eigenvalue weighted by Gasteiger charge is 2.13. The third-order valence-electron chi connectivity index (χ3n) is 3.95. The zero-order valence-corrected chi connectivity index (χ0v) is 16.4. The van der Waals surface area contributed by atoms with Crippen molar-refractivity contribution < 1.29 is 13.2 Å². The molecule has 1 unspecified atom stereocenters. The maximum Gasteiger partial charge on any atom is 0.319 e. The Balaban J connectivity index is 2.45. The first-order valence-corrected chi connectivity index (χ1v) is 10.6. The predicted octanol–water partition coefficient (Wildman–Crippen LogP) is 3.43. The van der Waals surface area contributed by atoms with E-state index in [0.717, 1.165) is 12.1 Å². The first kappa shape index (κ1) is 21.4. The number of anilines is 1. The first-order chi connectivity index (χ1) is 11.8. The van der Waals surface area contributed by atoms with Crippen LogP contribution >= 0.6 is 0 Å². The van der Waals surface area contributed by atoms with Gasteiger partial charge in [-0.15, -0.1) is 0 Å². The molecular weight excluding hydrogens is 338 g/mol. The quantitative estimate of drug-likeness (QED) is 0.590. The summed E-state index contributed by atoms with van der Waals surface area (Å²) in [6.07, 6.45) is 1.87. The molecule has 0 aliphatic carbocycles. The fraction of sp³-hybridized carbons (Fsp3) is 0.611. The van der Waals surface area contributed by atoms with E-state index < -0.39 is 10.0 Å². The topological polar surface area (TPSA) is 87.3 Å². The molecule has 2 amide bonds. The molecule has 1 atom stereocenters. The van der Waals surface area contributed by atoms with Crippen molar-refractivity contribution in [1.29, 1.82) is 0 Å². The van der Waals surface area contributed by atoms with E-state index in [9.17, 15) is 13.2 Å². The lowest BCUT2D eigenvalue weighted by Crippen LogP contribution is -2.40. The summed E-state index contributed by atoms with van der Waals surface area (Å²) in [5, 5.41) is 5.70. The van der Waals surface area contributed by atoms with Crippen LogP contribution in [0.3, 0.4) is 0 Å². The molecule has 1 aromatic carbocycles. The van der Waals surface area contributed by atoms with Crippen molar-refractivity contribution >= 4 is 21.7 Å². The van der Waals surface area contributed by atoms with Crippen molar-refractivity contribution in [2.45, 2.75) is 58.9 Å². The minimum atomic E-state index is -3.20. The number of sulfonamides is 1. The number of amides is 2. The van der Waals surface area contributed by atoms with Crippen LogP contribution in [-0.4, -0.2) is 32.8 Å². The normalized spacial score (nSPS) is 12.8. The van der Waals surface area contributed by atoms with E-state index in [1.54, 1.807) is 0 Å². The SMILES string of the molecule is CCCS(=O)(=O)NCCC(CC)NC(=O)Nc1ccc(C(C)C)cc1. The number of urea groups is 1. The minimum Gasteiger partial charge on any atom is -0.335 e. The van der Waals surface area contributed by atoms with Gasteiger partial charge in [0.15, 0.2) is 0 Å². The second-order valence-corrected chi connectivity index (χ2v) is 8.41. The van der Waals surface area contributed by atoms with E-state index in [1.165, 1.54) is 5.56 Å². The number of carbonyl (C=O) groups excluding carboxylic acids is 1. The number of hydrogen-bond donors (Lipinski definition) is 3. The molecule has 0 aromatic heterocycles. The van der Waals surface area contributed by atoms with Crippen LogP contribution in [0.15, 0.2) is 24.3 Å². The second kappa shape index (κ2) is 10.4. The number of hydrogen-bond acceptors (Lipinski definition) is 3. The van der Waals surface area contributed by atoms with E-state index in [4.69, 9.17) is 0 Å². The average molecular weight is 370 g/mol. The molecule has 3 N–H and O–H groups in total. The van der Waals surface area contributed by atoms with E-state index >= 15 is 0 Å². The Bertz CT molecular complexity index is 627. The van der Waals surface area contributed by atoms with Gasteiger partial charge in [-0.25, -0.2) is 17.9 Å².